The summed E-state index contributed by atoms with van der Waals surface area (Å²) in [6.45, 7) is 0. The second-order valence-corrected chi connectivity index (χ2v) is 14.1. The Balaban J connectivity index is 1.14. The van der Waals surface area contributed by atoms with E-state index in [1.807, 2.05) is 11.3 Å². The van der Waals surface area contributed by atoms with Crippen LogP contribution in [0.5, 0.6) is 0 Å². The molecule has 11 rings (SSSR count). The van der Waals surface area contributed by atoms with E-state index in [4.69, 9.17) is 0 Å². The number of thiophene rings is 1. The summed E-state index contributed by atoms with van der Waals surface area (Å²) in [4.78, 5) is 0. The molecule has 0 saturated carbocycles. The van der Waals surface area contributed by atoms with Crippen molar-refractivity contribution in [3.8, 4) is 22.5 Å². The molecule has 0 aliphatic rings. The molecule has 0 aliphatic carbocycles. The minimum Gasteiger partial charge on any atom is -0.309 e. The van der Waals surface area contributed by atoms with Crippen molar-refractivity contribution in [3.63, 3.8) is 0 Å². The van der Waals surface area contributed by atoms with Crippen LogP contribution in [-0.4, -0.2) is 9.13 Å². The van der Waals surface area contributed by atoms with Crippen molar-refractivity contribution in [2.24, 2.45) is 0 Å². The molecular weight excluding hydrogens is 613 g/mol. The molecule has 0 N–H and O–H groups in total. The molecule has 11 aromatic rings. The highest BCUT2D eigenvalue weighted by Crippen LogP contribution is 2.40. The van der Waals surface area contributed by atoms with Crippen LogP contribution < -0.4 is 0 Å². The van der Waals surface area contributed by atoms with Gasteiger partial charge in [-0.15, -0.1) is 11.3 Å². The molecule has 0 aliphatic heterocycles. The van der Waals surface area contributed by atoms with Crippen LogP contribution in [-0.2, 0) is 0 Å². The van der Waals surface area contributed by atoms with Gasteiger partial charge in [-0.2, -0.15) is 0 Å². The fourth-order valence-corrected chi connectivity index (χ4v) is 9.11. The summed E-state index contributed by atoms with van der Waals surface area (Å²) in [5, 5.41) is 10.2. The second-order valence-electron chi connectivity index (χ2n) is 13.0. The number of nitrogens with zero attached hydrogens (tertiary/aromatic N) is 2. The van der Waals surface area contributed by atoms with Gasteiger partial charge in [0.15, 0.2) is 0 Å². The third kappa shape index (κ3) is 3.94. The van der Waals surface area contributed by atoms with Gasteiger partial charge in [0, 0.05) is 53.1 Å². The number of benzene rings is 8. The molecule has 0 spiro atoms. The molecule has 3 heteroatoms. The predicted octanol–water partition coefficient (Wildman–Crippen LogP) is 13.1. The molecule has 0 unspecified atom stereocenters. The van der Waals surface area contributed by atoms with Gasteiger partial charge in [0.1, 0.15) is 0 Å². The maximum absolute atomic E-state index is 2.45. The highest BCUT2D eigenvalue weighted by Gasteiger charge is 2.17. The maximum Gasteiger partial charge on any atom is 0.0547 e. The molecule has 3 aromatic heterocycles. The summed E-state index contributed by atoms with van der Waals surface area (Å²) < 4.78 is 7.53. The first kappa shape index (κ1) is 26.9. The number of hydrogen-bond acceptors (Lipinski definition) is 1. The van der Waals surface area contributed by atoms with E-state index in [0.717, 1.165) is 0 Å². The molecule has 0 bridgehead atoms. The normalized spacial score (nSPS) is 12.1. The molecule has 2 nitrogen and oxygen atoms in total. The van der Waals surface area contributed by atoms with Crippen molar-refractivity contribution >= 4 is 85.9 Å². The van der Waals surface area contributed by atoms with Crippen LogP contribution in [0.25, 0.3) is 97.1 Å². The van der Waals surface area contributed by atoms with Gasteiger partial charge in [-0.1, -0.05) is 109 Å². The summed E-state index contributed by atoms with van der Waals surface area (Å²) in [5.74, 6) is 0. The summed E-state index contributed by atoms with van der Waals surface area (Å²) in [6, 6.07) is 62.6. The molecular formula is C46H28N2S. The minimum atomic E-state index is 1.17. The Hall–Kier alpha value is -6.16. The zero-order valence-corrected chi connectivity index (χ0v) is 27.3. The zero-order chi connectivity index (χ0) is 32.1. The Bertz CT molecular complexity index is 3120. The van der Waals surface area contributed by atoms with Gasteiger partial charge >= 0.3 is 0 Å². The summed E-state index contributed by atoms with van der Waals surface area (Å²) in [7, 11) is 0. The molecule has 0 saturated heterocycles. The maximum atomic E-state index is 2.45. The Morgan fingerprint density at radius 2 is 0.816 bits per heavy atom. The lowest BCUT2D eigenvalue weighted by molar-refractivity contribution is 1.18. The van der Waals surface area contributed by atoms with Crippen LogP contribution in [0.3, 0.4) is 0 Å². The van der Waals surface area contributed by atoms with Crippen molar-refractivity contribution in [2.75, 3.05) is 0 Å². The fraction of sp³-hybridized carbons (Fsp3) is 0. The third-order valence-electron chi connectivity index (χ3n) is 10.3. The first-order valence-corrected chi connectivity index (χ1v) is 17.6. The van der Waals surface area contributed by atoms with Crippen LogP contribution in [0.15, 0.2) is 170 Å². The van der Waals surface area contributed by atoms with Crippen molar-refractivity contribution < 1.29 is 0 Å². The Labute approximate surface area is 286 Å². The van der Waals surface area contributed by atoms with Gasteiger partial charge in [-0.25, -0.2) is 0 Å². The topological polar surface area (TPSA) is 9.86 Å². The molecule has 3 heterocycles. The average molecular weight is 641 g/mol. The summed E-state index contributed by atoms with van der Waals surface area (Å²) >= 11 is 1.87. The molecule has 8 aromatic carbocycles. The Morgan fingerprint density at radius 1 is 0.306 bits per heavy atom. The molecule has 0 atom stereocenters. The number of hydrogen-bond donors (Lipinski definition) is 0. The zero-order valence-electron chi connectivity index (χ0n) is 26.5. The smallest absolute Gasteiger partial charge is 0.0547 e. The van der Waals surface area contributed by atoms with Crippen LogP contribution in [0.4, 0.5) is 0 Å². The first-order chi connectivity index (χ1) is 24.3. The summed E-state index contributed by atoms with van der Waals surface area (Å²) in [6.07, 6.45) is 0. The number of rotatable bonds is 3. The van der Waals surface area contributed by atoms with Crippen molar-refractivity contribution in [1.29, 1.82) is 0 Å². The number of para-hydroxylation sites is 2. The largest absolute Gasteiger partial charge is 0.309 e. The molecule has 228 valence electrons. The van der Waals surface area contributed by atoms with Gasteiger partial charge in [0.25, 0.3) is 0 Å². The average Bonchev–Trinajstić information content (AvgIpc) is 3.81. The van der Waals surface area contributed by atoms with Crippen LogP contribution in [0.1, 0.15) is 0 Å². The monoisotopic (exact) mass is 640 g/mol. The van der Waals surface area contributed by atoms with Gasteiger partial charge in [0.2, 0.25) is 0 Å². The second kappa shape index (κ2) is 10.2. The van der Waals surface area contributed by atoms with Gasteiger partial charge in [-0.3, -0.25) is 0 Å². The molecule has 0 radical (unpaired) electrons. The van der Waals surface area contributed by atoms with Crippen molar-refractivity contribution in [3.05, 3.63) is 170 Å². The third-order valence-corrected chi connectivity index (χ3v) is 11.4. The predicted molar refractivity (Wildman–Crippen MR) is 211 cm³/mol. The van der Waals surface area contributed by atoms with E-state index in [2.05, 4.69) is 179 Å². The van der Waals surface area contributed by atoms with E-state index in [1.165, 1.54) is 97.1 Å². The van der Waals surface area contributed by atoms with Crippen molar-refractivity contribution in [1.82, 2.24) is 9.13 Å². The van der Waals surface area contributed by atoms with Crippen LogP contribution in [0, 0.1) is 0 Å². The van der Waals surface area contributed by atoms with Gasteiger partial charge in [-0.05, 0) is 82.6 Å². The van der Waals surface area contributed by atoms with Gasteiger partial charge < -0.3 is 9.13 Å². The molecule has 0 amide bonds. The van der Waals surface area contributed by atoms with Crippen LogP contribution >= 0.6 is 11.3 Å². The SMILES string of the molecule is c1ccc2cc(-n3c4ccccc4c4ccc(-c5ccc6c7ccccc7n(-c7ccc8sc9ccccc9c8c7)c6c5)cc43)ccc2c1. The quantitative estimate of drug-likeness (QED) is 0.182. The van der Waals surface area contributed by atoms with Crippen LogP contribution in [0.2, 0.25) is 0 Å². The minimum absolute atomic E-state index is 1.17. The van der Waals surface area contributed by atoms with E-state index in [9.17, 15) is 0 Å². The molecule has 0 fully saturated rings. The first-order valence-electron chi connectivity index (χ1n) is 16.8. The van der Waals surface area contributed by atoms with E-state index in [1.54, 1.807) is 0 Å². The number of aromatic nitrogens is 2. The highest BCUT2D eigenvalue weighted by molar-refractivity contribution is 7.25. The standard InChI is InChI=1S/C46H28N2S/c1-2-10-30-25-33(20-17-29(30)9-1)47-41-14-6-3-11-35(41)37-22-18-31(26-43(37)47)32-19-23-38-36-12-4-7-15-42(36)48(44(38)27-32)34-21-24-46-40(28-34)39-13-5-8-16-45(39)49-46/h1-28H. The lowest BCUT2D eigenvalue weighted by Crippen LogP contribution is -1.94. The van der Waals surface area contributed by atoms with E-state index < -0.39 is 0 Å². The Kier molecular flexibility index (Phi) is 5.57. The lowest BCUT2D eigenvalue weighted by Gasteiger charge is -2.11. The number of fused-ring (bicyclic) bond motifs is 10. The fourth-order valence-electron chi connectivity index (χ4n) is 8.03. The van der Waals surface area contributed by atoms with E-state index in [0.29, 0.717) is 0 Å². The van der Waals surface area contributed by atoms with E-state index >= 15 is 0 Å². The lowest BCUT2D eigenvalue weighted by atomic mass is 10.0. The van der Waals surface area contributed by atoms with Gasteiger partial charge in [0.05, 0.1) is 22.1 Å². The Morgan fingerprint density at radius 3 is 1.51 bits per heavy atom. The van der Waals surface area contributed by atoms with Crippen molar-refractivity contribution in [2.45, 2.75) is 0 Å². The summed E-state index contributed by atoms with van der Waals surface area (Å²) in [5.41, 5.74) is 9.64. The highest BCUT2D eigenvalue weighted by atomic mass is 32.1. The molecule has 49 heavy (non-hydrogen) atoms. The van der Waals surface area contributed by atoms with E-state index in [-0.39, 0.29) is 0 Å².